The molecule has 2 aliphatic rings. The van der Waals surface area contributed by atoms with E-state index in [0.717, 1.165) is 44.9 Å². The maximum absolute atomic E-state index is 12.9. The van der Waals surface area contributed by atoms with Gasteiger partial charge in [-0.05, 0) is 32.1 Å². The van der Waals surface area contributed by atoms with E-state index in [4.69, 9.17) is 23.3 Å². The average molecular weight is 925 g/mol. The zero-order valence-electron chi connectivity index (χ0n) is 37.7. The molecule has 1 saturated heterocycles. The summed E-state index contributed by atoms with van der Waals surface area (Å²) in [6.45, 7) is 2.96. The minimum atomic E-state index is -5.19. The summed E-state index contributed by atoms with van der Waals surface area (Å²) in [6.07, 6.45) is 9.72. The van der Waals surface area contributed by atoms with Gasteiger partial charge in [-0.2, -0.15) is 0 Å². The van der Waals surface area contributed by atoms with Crippen LogP contribution in [0.15, 0.2) is 24.3 Å². The molecule has 17 nitrogen and oxygen atoms in total. The largest absolute Gasteiger partial charge is 0.472 e. The minimum Gasteiger partial charge on any atom is -0.462 e. The number of phosphoric ester groups is 1. The zero-order valence-corrected chi connectivity index (χ0v) is 38.5. The van der Waals surface area contributed by atoms with Crippen LogP contribution in [0, 0.1) is 5.92 Å². The molecule has 0 aromatic carbocycles. The molecule has 0 bridgehead atoms. The summed E-state index contributed by atoms with van der Waals surface area (Å²) in [6, 6.07) is 0. The molecule has 1 heterocycles. The second-order valence-corrected chi connectivity index (χ2v) is 18.6. The van der Waals surface area contributed by atoms with Crippen molar-refractivity contribution >= 4 is 19.8 Å². The smallest absolute Gasteiger partial charge is 0.462 e. The third kappa shape index (κ3) is 24.0. The maximum atomic E-state index is 12.9. The Morgan fingerprint density at radius 1 is 0.698 bits per heavy atom. The summed E-state index contributed by atoms with van der Waals surface area (Å²) in [4.78, 5) is 35.9. The van der Waals surface area contributed by atoms with Gasteiger partial charge in [0.2, 0.25) is 0 Å². The van der Waals surface area contributed by atoms with E-state index in [-0.39, 0.29) is 25.2 Å². The molecule has 11 atom stereocenters. The molecule has 1 saturated carbocycles. The summed E-state index contributed by atoms with van der Waals surface area (Å²) >= 11 is 0. The summed E-state index contributed by atoms with van der Waals surface area (Å²) in [5.74, 6) is -1.67. The molecule has 63 heavy (non-hydrogen) atoms. The van der Waals surface area contributed by atoms with Crippen LogP contribution in [0.4, 0.5) is 0 Å². The first kappa shape index (κ1) is 57.3. The van der Waals surface area contributed by atoms with Crippen LogP contribution in [0.1, 0.15) is 162 Å². The van der Waals surface area contributed by atoms with E-state index in [0.29, 0.717) is 32.1 Å². The number of ether oxygens (including phenoxy) is 3. The van der Waals surface area contributed by atoms with Crippen LogP contribution in [0.2, 0.25) is 0 Å². The van der Waals surface area contributed by atoms with Crippen LogP contribution >= 0.6 is 7.82 Å². The molecule has 0 aromatic heterocycles. The van der Waals surface area contributed by atoms with Gasteiger partial charge in [0.15, 0.2) is 12.4 Å². The quantitative estimate of drug-likeness (QED) is 0.0179. The van der Waals surface area contributed by atoms with Crippen molar-refractivity contribution in [3.05, 3.63) is 24.3 Å². The molecule has 1 aliphatic heterocycles. The Kier molecular flexibility index (Phi) is 29.8. The molecule has 2 rings (SSSR count). The molecule has 368 valence electrons. The molecule has 0 radical (unpaired) electrons. The van der Waals surface area contributed by atoms with E-state index < -0.39 is 100 Å². The zero-order chi connectivity index (χ0) is 46.6. The van der Waals surface area contributed by atoms with Gasteiger partial charge in [0.25, 0.3) is 0 Å². The molecular weight excluding hydrogens is 843 g/mol. The van der Waals surface area contributed by atoms with Crippen molar-refractivity contribution in [3.63, 3.8) is 0 Å². The van der Waals surface area contributed by atoms with Crippen LogP contribution in [-0.4, -0.2) is 138 Å². The lowest BCUT2D eigenvalue weighted by atomic mass is 9.85. The summed E-state index contributed by atoms with van der Waals surface area (Å²) < 4.78 is 39.2. The number of carbonyl (C=O) groups is 2. The Balaban J connectivity index is 1.88. The molecule has 9 N–H and O–H groups in total. The van der Waals surface area contributed by atoms with Crippen molar-refractivity contribution in [2.75, 3.05) is 13.2 Å². The van der Waals surface area contributed by atoms with E-state index in [1.165, 1.54) is 51.4 Å². The van der Waals surface area contributed by atoms with Gasteiger partial charge in [0.1, 0.15) is 43.2 Å². The number of hydrogen-bond acceptors (Lipinski definition) is 16. The van der Waals surface area contributed by atoms with Gasteiger partial charge in [0.05, 0.1) is 24.9 Å². The lowest BCUT2D eigenvalue weighted by Gasteiger charge is -2.41. The molecule has 1 aliphatic carbocycles. The van der Waals surface area contributed by atoms with Gasteiger partial charge in [0, 0.05) is 25.2 Å². The van der Waals surface area contributed by atoms with Gasteiger partial charge in [-0.25, -0.2) is 4.57 Å². The maximum Gasteiger partial charge on any atom is 0.472 e. The van der Waals surface area contributed by atoms with Gasteiger partial charge in [-0.1, -0.05) is 134 Å². The first-order chi connectivity index (χ1) is 30.1. The van der Waals surface area contributed by atoms with Crippen molar-refractivity contribution in [2.45, 2.75) is 229 Å². The number of allylic oxidation sites excluding steroid dienone is 2. The standard InChI is InChI=1S/C45H81O17P/c1-3-5-7-8-9-10-11-12-13-14-15-16-21-25-37(48)58-30-33(31-59-63(56,57)62-45-43(54)41(52)40(51)42(53)44(45)55)60-38(49)26-22-18-17-20-24-34-35(47)29-39(50)61-36(34)28-27-32(46)23-19-6-4-2/h17,20,27-28,32-36,39-47,50-55H,3-16,18-19,21-26,29-31H2,1-2H3,(H,56,57)/b20-17-,28-27+. The highest BCUT2D eigenvalue weighted by molar-refractivity contribution is 7.47. The summed E-state index contributed by atoms with van der Waals surface area (Å²) in [7, 11) is -5.19. The molecule has 0 amide bonds. The van der Waals surface area contributed by atoms with E-state index >= 15 is 0 Å². The lowest BCUT2D eigenvalue weighted by Crippen LogP contribution is -2.64. The number of aliphatic hydroxyl groups excluding tert-OH is 8. The average Bonchev–Trinajstić information content (AvgIpc) is 3.24. The fourth-order valence-corrected chi connectivity index (χ4v) is 8.65. The number of esters is 2. The highest BCUT2D eigenvalue weighted by Crippen LogP contribution is 2.47. The number of unbranched alkanes of at least 4 members (excludes halogenated alkanes) is 15. The monoisotopic (exact) mass is 925 g/mol. The van der Waals surface area contributed by atoms with E-state index in [2.05, 4.69) is 13.8 Å². The SMILES string of the molecule is CCCCCCCCCCCCCCCC(=O)OCC(COP(=O)(O)OC1C(O)C(O)C(O)C(O)C1O)OC(=O)CCC/C=C\CC1C(O)CC(O)OC1/C=C/C(O)CCCCC. The highest BCUT2D eigenvalue weighted by Gasteiger charge is 2.51. The second kappa shape index (κ2) is 32.8. The van der Waals surface area contributed by atoms with E-state index in [1.54, 1.807) is 12.2 Å². The van der Waals surface area contributed by atoms with Crippen LogP contribution in [-0.2, 0) is 37.4 Å². The van der Waals surface area contributed by atoms with E-state index in [9.17, 15) is 59.9 Å². The Labute approximate surface area is 374 Å². The lowest BCUT2D eigenvalue weighted by molar-refractivity contribution is -0.220. The minimum absolute atomic E-state index is 0.0477. The highest BCUT2D eigenvalue weighted by atomic mass is 31.2. The van der Waals surface area contributed by atoms with Gasteiger partial charge < -0.3 is 60.0 Å². The van der Waals surface area contributed by atoms with Crippen LogP contribution < -0.4 is 0 Å². The molecule has 2 fully saturated rings. The number of rotatable bonds is 34. The number of phosphoric acid groups is 1. The van der Waals surface area contributed by atoms with Crippen molar-refractivity contribution in [3.8, 4) is 0 Å². The number of carbonyl (C=O) groups excluding carboxylic acids is 2. The Morgan fingerprint density at radius 3 is 1.84 bits per heavy atom. The van der Waals surface area contributed by atoms with Gasteiger partial charge in [-0.3, -0.25) is 18.6 Å². The first-order valence-corrected chi connectivity index (χ1v) is 25.0. The predicted octanol–water partition coefficient (Wildman–Crippen LogP) is 4.94. The van der Waals surface area contributed by atoms with Crippen LogP contribution in [0.5, 0.6) is 0 Å². The predicted molar refractivity (Wildman–Crippen MR) is 234 cm³/mol. The Hall–Kier alpha value is -1.83. The normalized spacial score (nSPS) is 28.6. The summed E-state index contributed by atoms with van der Waals surface area (Å²) in [5.41, 5.74) is 0. The molecule has 0 spiro atoms. The third-order valence-electron chi connectivity index (χ3n) is 11.6. The molecule has 11 unspecified atom stereocenters. The van der Waals surface area contributed by atoms with Crippen LogP contribution in [0.25, 0.3) is 0 Å². The van der Waals surface area contributed by atoms with Crippen LogP contribution in [0.3, 0.4) is 0 Å². The Bertz CT molecular complexity index is 1320. The fourth-order valence-electron chi connectivity index (χ4n) is 7.68. The number of aliphatic hydroxyl groups is 8. The van der Waals surface area contributed by atoms with Crippen molar-refractivity contribution in [2.24, 2.45) is 5.92 Å². The van der Waals surface area contributed by atoms with Crippen molar-refractivity contribution in [1.82, 2.24) is 0 Å². The van der Waals surface area contributed by atoms with Gasteiger partial charge >= 0.3 is 19.8 Å². The molecule has 0 aromatic rings. The Morgan fingerprint density at radius 2 is 1.24 bits per heavy atom. The third-order valence-corrected chi connectivity index (χ3v) is 12.6. The van der Waals surface area contributed by atoms with Crippen molar-refractivity contribution in [1.29, 1.82) is 0 Å². The second-order valence-electron chi connectivity index (χ2n) is 17.1. The topological polar surface area (TPSA) is 279 Å². The van der Waals surface area contributed by atoms with Gasteiger partial charge in [-0.15, -0.1) is 0 Å². The first-order valence-electron chi connectivity index (χ1n) is 23.5. The number of hydrogen-bond donors (Lipinski definition) is 9. The van der Waals surface area contributed by atoms with E-state index in [1.807, 2.05) is 12.2 Å². The molecular formula is C45H81O17P. The summed E-state index contributed by atoms with van der Waals surface area (Å²) in [5, 5.41) is 81.3. The molecule has 18 heteroatoms. The fraction of sp³-hybridized carbons (Fsp3) is 0.867. The van der Waals surface area contributed by atoms with Crippen molar-refractivity contribution < 1.29 is 83.2 Å².